The van der Waals surface area contributed by atoms with E-state index >= 15 is 0 Å². The molecule has 1 heterocycles. The molecule has 0 saturated carbocycles. The first-order valence-corrected chi connectivity index (χ1v) is 6.60. The molecule has 5 heteroatoms. The first-order valence-electron chi connectivity index (χ1n) is 6.60. The molecule has 0 radical (unpaired) electrons. The second-order valence-corrected chi connectivity index (χ2v) is 4.21. The maximum Gasteiger partial charge on any atom is 0.341 e. The third-order valence-corrected chi connectivity index (χ3v) is 2.65. The van der Waals surface area contributed by atoms with Gasteiger partial charge in [0.2, 0.25) is 0 Å². The van der Waals surface area contributed by atoms with Crippen LogP contribution in [0, 0.1) is 0 Å². The summed E-state index contributed by atoms with van der Waals surface area (Å²) in [7, 11) is 1.66. The highest BCUT2D eigenvalue weighted by atomic mass is 16.5. The Hall–Kier alpha value is -1.62. The highest BCUT2D eigenvalue weighted by Gasteiger charge is 2.16. The number of carbonyl (C=O) groups is 1. The summed E-state index contributed by atoms with van der Waals surface area (Å²) >= 11 is 0. The maximum atomic E-state index is 11.8. The molecule has 0 saturated heterocycles. The van der Waals surface area contributed by atoms with Crippen LogP contribution in [0.1, 0.15) is 37.0 Å². The number of ether oxygens (including phenoxy) is 2. The predicted octanol–water partition coefficient (Wildman–Crippen LogP) is 2.49. The molecule has 0 aromatic carbocycles. The molecule has 1 rings (SSSR count). The quantitative estimate of drug-likeness (QED) is 0.732. The lowest BCUT2D eigenvalue weighted by Gasteiger charge is -2.19. The number of esters is 1. The topological polar surface area (TPSA) is 60.5 Å². The monoisotopic (exact) mass is 266 g/mol. The molecule has 0 amide bonds. The van der Waals surface area contributed by atoms with Crippen molar-refractivity contribution < 1.29 is 14.3 Å². The van der Waals surface area contributed by atoms with Crippen molar-refractivity contribution in [1.29, 1.82) is 0 Å². The number of aromatic nitrogens is 1. The number of nitrogens with zero attached hydrogens (tertiary/aromatic N) is 1. The van der Waals surface area contributed by atoms with Gasteiger partial charge in [0, 0.05) is 13.3 Å². The van der Waals surface area contributed by atoms with Crippen LogP contribution < -0.4 is 5.32 Å². The van der Waals surface area contributed by atoms with Crippen molar-refractivity contribution in [1.82, 2.24) is 4.98 Å². The van der Waals surface area contributed by atoms with Gasteiger partial charge in [-0.25, -0.2) is 9.78 Å². The van der Waals surface area contributed by atoms with E-state index in [1.807, 2.05) is 0 Å². The van der Waals surface area contributed by atoms with Crippen LogP contribution in [0.25, 0.3) is 0 Å². The summed E-state index contributed by atoms with van der Waals surface area (Å²) in [6.45, 7) is 4.82. The molecule has 0 fully saturated rings. The van der Waals surface area contributed by atoms with Crippen LogP contribution in [0.15, 0.2) is 18.3 Å². The number of hydrogen-bond donors (Lipinski definition) is 1. The average Bonchev–Trinajstić information content (AvgIpc) is 2.40. The highest BCUT2D eigenvalue weighted by molar-refractivity contribution is 5.94. The lowest BCUT2D eigenvalue weighted by Crippen LogP contribution is -2.26. The van der Waals surface area contributed by atoms with Gasteiger partial charge in [0.1, 0.15) is 11.4 Å². The van der Waals surface area contributed by atoms with E-state index in [1.54, 1.807) is 32.4 Å². The van der Waals surface area contributed by atoms with Gasteiger partial charge in [0.25, 0.3) is 0 Å². The Morgan fingerprint density at radius 3 is 2.89 bits per heavy atom. The van der Waals surface area contributed by atoms with E-state index in [9.17, 15) is 4.79 Å². The van der Waals surface area contributed by atoms with E-state index < -0.39 is 0 Å². The number of pyridine rings is 1. The zero-order chi connectivity index (χ0) is 14.1. The number of carbonyl (C=O) groups excluding carboxylic acids is 1. The lowest BCUT2D eigenvalue weighted by atomic mass is 10.1. The van der Waals surface area contributed by atoms with Gasteiger partial charge < -0.3 is 14.8 Å². The van der Waals surface area contributed by atoms with Crippen LogP contribution in [-0.4, -0.2) is 37.3 Å². The Labute approximate surface area is 114 Å². The van der Waals surface area contributed by atoms with Crippen molar-refractivity contribution in [2.24, 2.45) is 0 Å². The Kier molecular flexibility index (Phi) is 6.89. The fourth-order valence-electron chi connectivity index (χ4n) is 1.83. The zero-order valence-corrected chi connectivity index (χ0v) is 11.8. The fraction of sp³-hybridized carbons (Fsp3) is 0.571. The second kappa shape index (κ2) is 8.48. The van der Waals surface area contributed by atoms with Crippen LogP contribution in [0.3, 0.4) is 0 Å². The smallest absolute Gasteiger partial charge is 0.341 e. The summed E-state index contributed by atoms with van der Waals surface area (Å²) < 4.78 is 10.2. The molecule has 1 N–H and O–H groups in total. The van der Waals surface area contributed by atoms with Gasteiger partial charge in [-0.3, -0.25) is 0 Å². The van der Waals surface area contributed by atoms with Crippen molar-refractivity contribution in [3.05, 3.63) is 23.9 Å². The van der Waals surface area contributed by atoms with E-state index in [0.29, 0.717) is 24.6 Å². The highest BCUT2D eigenvalue weighted by Crippen LogP contribution is 2.15. The molecule has 1 aromatic rings. The maximum absolute atomic E-state index is 11.8. The minimum Gasteiger partial charge on any atom is -0.462 e. The molecule has 0 aliphatic carbocycles. The van der Waals surface area contributed by atoms with Crippen LogP contribution in [-0.2, 0) is 9.47 Å². The Balaban J connectivity index is 2.83. The van der Waals surface area contributed by atoms with Gasteiger partial charge in [-0.15, -0.1) is 0 Å². The third-order valence-electron chi connectivity index (χ3n) is 2.65. The summed E-state index contributed by atoms with van der Waals surface area (Å²) in [5, 5.41) is 3.25. The van der Waals surface area contributed by atoms with Gasteiger partial charge in [-0.2, -0.15) is 0 Å². The second-order valence-electron chi connectivity index (χ2n) is 4.21. The Morgan fingerprint density at radius 1 is 1.47 bits per heavy atom. The van der Waals surface area contributed by atoms with E-state index in [-0.39, 0.29) is 12.0 Å². The van der Waals surface area contributed by atoms with Crippen molar-refractivity contribution in [2.75, 3.05) is 25.6 Å². The van der Waals surface area contributed by atoms with Gasteiger partial charge in [-0.05, 0) is 25.5 Å². The molecule has 19 heavy (non-hydrogen) atoms. The van der Waals surface area contributed by atoms with Crippen LogP contribution in [0.4, 0.5) is 5.82 Å². The van der Waals surface area contributed by atoms with Gasteiger partial charge in [0.05, 0.1) is 19.3 Å². The fourth-order valence-corrected chi connectivity index (χ4v) is 1.83. The lowest BCUT2D eigenvalue weighted by molar-refractivity contribution is 0.0527. The van der Waals surface area contributed by atoms with Crippen LogP contribution in [0.5, 0.6) is 0 Å². The molecule has 1 aromatic heterocycles. The molecule has 1 atom stereocenters. The Bertz CT molecular complexity index is 390. The van der Waals surface area contributed by atoms with Crippen LogP contribution in [0.2, 0.25) is 0 Å². The van der Waals surface area contributed by atoms with Crippen molar-refractivity contribution in [3.63, 3.8) is 0 Å². The van der Waals surface area contributed by atoms with Crippen molar-refractivity contribution in [2.45, 2.75) is 32.7 Å². The van der Waals surface area contributed by atoms with Crippen molar-refractivity contribution in [3.8, 4) is 0 Å². The molecule has 0 aliphatic rings. The first kappa shape index (κ1) is 15.4. The van der Waals surface area contributed by atoms with E-state index in [0.717, 1.165) is 12.8 Å². The molecule has 0 aliphatic heterocycles. The van der Waals surface area contributed by atoms with Gasteiger partial charge in [-0.1, -0.05) is 13.3 Å². The van der Waals surface area contributed by atoms with Crippen molar-refractivity contribution >= 4 is 11.8 Å². The number of anilines is 1. The number of rotatable bonds is 8. The standard InChI is InChI=1S/C14H22N2O3/c1-4-7-11(10-18-3)16-13-12(8-6-9-15-13)14(17)19-5-2/h6,8-9,11H,4-5,7,10H2,1-3H3,(H,15,16). The molecule has 1 unspecified atom stereocenters. The van der Waals surface area contributed by atoms with E-state index in [2.05, 4.69) is 17.2 Å². The Morgan fingerprint density at radius 2 is 2.26 bits per heavy atom. The normalized spacial score (nSPS) is 11.9. The molecule has 5 nitrogen and oxygen atoms in total. The molecular weight excluding hydrogens is 244 g/mol. The predicted molar refractivity (Wildman–Crippen MR) is 74.4 cm³/mol. The number of methoxy groups -OCH3 is 1. The largest absolute Gasteiger partial charge is 0.462 e. The average molecular weight is 266 g/mol. The van der Waals surface area contributed by atoms with Gasteiger partial charge >= 0.3 is 5.97 Å². The molecule has 106 valence electrons. The summed E-state index contributed by atoms with van der Waals surface area (Å²) in [6, 6.07) is 3.57. The van der Waals surface area contributed by atoms with E-state index in [1.165, 1.54) is 0 Å². The summed E-state index contributed by atoms with van der Waals surface area (Å²) in [5.74, 6) is 0.196. The molecular formula is C14H22N2O3. The number of nitrogens with one attached hydrogen (secondary N) is 1. The first-order chi connectivity index (χ1) is 9.22. The minimum absolute atomic E-state index is 0.137. The van der Waals surface area contributed by atoms with Crippen LogP contribution >= 0.6 is 0 Å². The summed E-state index contributed by atoms with van der Waals surface area (Å²) in [6.07, 6.45) is 3.64. The third kappa shape index (κ3) is 4.87. The number of hydrogen-bond acceptors (Lipinski definition) is 5. The molecule has 0 spiro atoms. The summed E-state index contributed by atoms with van der Waals surface area (Å²) in [4.78, 5) is 16.0. The van der Waals surface area contributed by atoms with Gasteiger partial charge in [0.15, 0.2) is 0 Å². The SMILES string of the molecule is CCCC(COC)Nc1ncccc1C(=O)OCC. The minimum atomic E-state index is -0.356. The zero-order valence-electron chi connectivity index (χ0n) is 11.8. The summed E-state index contributed by atoms with van der Waals surface area (Å²) in [5.41, 5.74) is 0.460. The van der Waals surface area contributed by atoms with E-state index in [4.69, 9.17) is 9.47 Å². The molecule has 0 bridgehead atoms.